The molecule has 0 radical (unpaired) electrons. The Bertz CT molecular complexity index is 2160. The van der Waals surface area contributed by atoms with E-state index in [1.54, 1.807) is 50.8 Å². The van der Waals surface area contributed by atoms with E-state index in [9.17, 15) is 39.1 Å². The van der Waals surface area contributed by atoms with Crippen LogP contribution in [0.25, 0.3) is 17.2 Å². The zero-order valence-electron chi connectivity index (χ0n) is 36.9. The van der Waals surface area contributed by atoms with Gasteiger partial charge in [-0.3, -0.25) is 34.5 Å². The van der Waals surface area contributed by atoms with Crippen LogP contribution in [0.4, 0.5) is 20.6 Å². The minimum atomic E-state index is -1.16. The normalized spacial score (nSPS) is 18.9. The first-order valence-corrected chi connectivity index (χ1v) is 21.0. The number of amides is 3. The molecule has 4 atom stereocenters. The van der Waals surface area contributed by atoms with Gasteiger partial charge in [0.05, 0.1) is 42.2 Å². The van der Waals surface area contributed by atoms with Crippen LogP contribution in [0, 0.1) is 15.9 Å². The van der Waals surface area contributed by atoms with Gasteiger partial charge in [0.15, 0.2) is 12.2 Å². The summed E-state index contributed by atoms with van der Waals surface area (Å²) in [6, 6.07) is 12.2. The van der Waals surface area contributed by atoms with Crippen LogP contribution in [-0.4, -0.2) is 154 Å². The highest BCUT2D eigenvalue weighted by molar-refractivity contribution is 6.01. The summed E-state index contributed by atoms with van der Waals surface area (Å²) in [6.07, 6.45) is 1.73. The minimum Gasteiger partial charge on any atom is -0.481 e. The largest absolute Gasteiger partial charge is 0.481 e. The predicted octanol–water partition coefficient (Wildman–Crippen LogP) is 5.16. The monoisotopic (exact) mass is 874 g/mol. The molecular weight excluding hydrogens is 816 g/mol. The van der Waals surface area contributed by atoms with E-state index in [4.69, 9.17) is 14.8 Å². The molecule has 2 aromatic carbocycles. The Hall–Kier alpha value is -5.82. The van der Waals surface area contributed by atoms with Gasteiger partial charge in [-0.2, -0.15) is 0 Å². The number of carbonyl (C=O) groups excluding carboxylic acids is 2. The van der Waals surface area contributed by atoms with Crippen molar-refractivity contribution in [3.05, 3.63) is 93.1 Å². The third kappa shape index (κ3) is 11.6. The van der Waals surface area contributed by atoms with Crippen molar-refractivity contribution >= 4 is 41.7 Å². The second kappa shape index (κ2) is 21.5. The first-order valence-electron chi connectivity index (χ1n) is 21.0. The number of pyridine rings is 1. The van der Waals surface area contributed by atoms with Crippen LogP contribution >= 0.6 is 0 Å². The average molecular weight is 875 g/mol. The molecule has 0 aliphatic carbocycles. The van der Waals surface area contributed by atoms with Crippen LogP contribution < -0.4 is 4.90 Å². The Labute approximate surface area is 367 Å². The number of anilines is 1. The summed E-state index contributed by atoms with van der Waals surface area (Å²) in [6.45, 7) is 12.8. The third-order valence-electron chi connectivity index (χ3n) is 11.4. The first-order chi connectivity index (χ1) is 29.9. The number of nitrogens with zero attached hydrogens (tertiary/aromatic N) is 8. The Morgan fingerprint density at radius 3 is 2.24 bits per heavy atom. The number of benzene rings is 2. The van der Waals surface area contributed by atoms with Crippen molar-refractivity contribution in [2.45, 2.75) is 83.4 Å². The number of carboxylic acid groups (broad SMARTS) is 1. The van der Waals surface area contributed by atoms with Gasteiger partial charge in [-0.05, 0) is 41.2 Å². The summed E-state index contributed by atoms with van der Waals surface area (Å²) in [7, 11) is 4.76. The number of hydrogen-bond donors (Lipinski definition) is 3. The summed E-state index contributed by atoms with van der Waals surface area (Å²) < 4.78 is 19.2. The van der Waals surface area contributed by atoms with Crippen molar-refractivity contribution < 1.29 is 43.8 Å². The summed E-state index contributed by atoms with van der Waals surface area (Å²) in [5.41, 5.74) is 5.83. The van der Waals surface area contributed by atoms with Crippen molar-refractivity contribution in [2.75, 3.05) is 65.4 Å². The molecule has 0 saturated carbocycles. The molecule has 2 unspecified atom stereocenters. The molecule has 6 rings (SSSR count). The number of aliphatic hydroxyl groups excluding tert-OH is 2. The van der Waals surface area contributed by atoms with Crippen molar-refractivity contribution in [3.63, 3.8) is 0 Å². The molecule has 3 N–H and O–H groups in total. The molecule has 340 valence electrons. The van der Waals surface area contributed by atoms with Gasteiger partial charge >= 0.3 is 12.0 Å². The summed E-state index contributed by atoms with van der Waals surface area (Å²) >= 11 is 0. The fourth-order valence-electron chi connectivity index (χ4n) is 8.10. The Morgan fingerprint density at radius 2 is 1.63 bits per heavy atom. The first kappa shape index (κ1) is 48.2. The van der Waals surface area contributed by atoms with E-state index >= 15 is 0 Å². The number of ether oxygens (including phenoxy) is 1. The van der Waals surface area contributed by atoms with E-state index in [0.29, 0.717) is 31.9 Å². The van der Waals surface area contributed by atoms with Crippen LogP contribution in [0.1, 0.15) is 74.9 Å². The molecule has 2 saturated heterocycles. The molecule has 17 nitrogen and oxygen atoms in total. The number of aliphatic carboxylic acids is 1. The van der Waals surface area contributed by atoms with Crippen LogP contribution in [0.3, 0.4) is 0 Å². The van der Waals surface area contributed by atoms with Crippen LogP contribution in [0.5, 0.6) is 0 Å². The molecular formula is C45H59FN8O9. The topological polar surface area (TPSA) is 206 Å². The van der Waals surface area contributed by atoms with Crippen LogP contribution in [-0.2, 0) is 20.9 Å². The number of hydrogen-bond acceptors (Lipinski definition) is 13. The van der Waals surface area contributed by atoms with E-state index in [2.05, 4.69) is 23.7 Å². The van der Waals surface area contributed by atoms with Gasteiger partial charge in [0.1, 0.15) is 11.5 Å². The standard InChI is InChI=1S/C26H34FNO5.C19H25N7O4/c1-15(2)25-21(11-10-19(29)12-20(30)13-23(31)32)24(17-6-8-18(27)9-7-17)22(14-33-5)26(28-25)16(3)4;1-21-17-16(18(27)22(2)19(21)28)25(13-20-17)12-9-23-7-10-24(11-8-23)14-5-3-4-6-15(14)26(29)30/h6-11,15-16,19-20,29-30H,12-14H2,1-5H3,(H,31,32);3-6,13,16-17H,7-12H2,1-2H3/b11-10+;/t19-,20-;/m1./s1. The Balaban J connectivity index is 0.000000238. The number of aromatic nitrogens is 1. The number of methoxy groups -OCH3 is 1. The number of carbonyl (C=O) groups is 3. The van der Waals surface area contributed by atoms with E-state index < -0.39 is 36.8 Å². The number of likely N-dealkylation sites (N-methyl/N-ethyl adjacent to an activating group) is 2. The van der Waals surface area contributed by atoms with Crippen LogP contribution in [0.15, 0.2) is 59.6 Å². The van der Waals surface area contributed by atoms with E-state index in [0.717, 1.165) is 58.2 Å². The van der Waals surface area contributed by atoms with Crippen LogP contribution in [0.2, 0.25) is 0 Å². The average Bonchev–Trinajstić information content (AvgIpc) is 3.68. The Kier molecular flexibility index (Phi) is 16.5. The number of imide groups is 1. The van der Waals surface area contributed by atoms with Gasteiger partial charge in [0.2, 0.25) is 0 Å². The fraction of sp³-hybridized carbons (Fsp3) is 0.489. The van der Waals surface area contributed by atoms with Crippen molar-refractivity contribution in [1.29, 1.82) is 0 Å². The predicted molar refractivity (Wildman–Crippen MR) is 237 cm³/mol. The quantitative estimate of drug-likeness (QED) is 0.126. The number of aliphatic hydroxyl groups is 2. The lowest BCUT2D eigenvalue weighted by Gasteiger charge is -2.40. The molecule has 0 spiro atoms. The summed E-state index contributed by atoms with van der Waals surface area (Å²) in [4.78, 5) is 64.6. The second-order valence-electron chi connectivity index (χ2n) is 16.5. The minimum absolute atomic E-state index is 0.0627. The molecule has 3 aliphatic rings. The number of nitro benzene ring substituents is 1. The van der Waals surface area contributed by atoms with Crippen molar-refractivity contribution in [3.8, 4) is 11.1 Å². The van der Waals surface area contributed by atoms with Gasteiger partial charge < -0.3 is 34.8 Å². The second-order valence-corrected chi connectivity index (χ2v) is 16.5. The number of aliphatic imine (C=N–C) groups is 1. The summed E-state index contributed by atoms with van der Waals surface area (Å²) in [5.74, 6) is -1.51. The number of urea groups is 1. The van der Waals surface area contributed by atoms with Gasteiger partial charge in [0, 0.05) is 89.8 Å². The number of carboxylic acids is 1. The lowest BCUT2D eigenvalue weighted by Crippen LogP contribution is -2.64. The molecule has 18 heteroatoms. The number of para-hydroxylation sites is 2. The number of nitro groups is 1. The maximum atomic E-state index is 13.7. The fourth-order valence-corrected chi connectivity index (χ4v) is 8.10. The lowest BCUT2D eigenvalue weighted by molar-refractivity contribution is -0.384. The van der Waals surface area contributed by atoms with E-state index in [1.165, 1.54) is 36.2 Å². The SMILES string of the molecule is CN1C(=O)C2C(N=CN2CCN2CCN(c3ccccc3[N+](=O)[O-])CC2)N(C)C1=O.COCc1c(C(C)C)nc(C(C)C)c(/C=C/[C@@H](O)C[C@@H](O)CC(=O)O)c1-c1ccc(F)cc1. The zero-order chi connectivity index (χ0) is 46.1. The smallest absolute Gasteiger partial charge is 0.328 e. The number of halogens is 1. The van der Waals surface area contributed by atoms with Gasteiger partial charge in [-0.1, -0.05) is 64.1 Å². The highest BCUT2D eigenvalue weighted by Crippen LogP contribution is 2.38. The maximum absolute atomic E-state index is 13.7. The molecule has 3 amide bonds. The molecule has 0 bridgehead atoms. The number of rotatable bonds is 16. The Morgan fingerprint density at radius 1 is 0.984 bits per heavy atom. The number of piperazine rings is 1. The molecule has 2 fully saturated rings. The van der Waals surface area contributed by atoms with E-state index in [-0.39, 0.29) is 46.6 Å². The zero-order valence-corrected chi connectivity index (χ0v) is 36.9. The van der Waals surface area contributed by atoms with E-state index in [1.807, 2.05) is 29.7 Å². The van der Waals surface area contributed by atoms with Gasteiger partial charge in [-0.15, -0.1) is 0 Å². The van der Waals surface area contributed by atoms with Gasteiger partial charge in [-0.25, -0.2) is 14.2 Å². The molecule has 1 aromatic heterocycles. The van der Waals surface area contributed by atoms with Crippen molar-refractivity contribution in [2.24, 2.45) is 4.99 Å². The highest BCUT2D eigenvalue weighted by atomic mass is 19.1. The molecule has 3 aromatic rings. The van der Waals surface area contributed by atoms with Gasteiger partial charge in [0.25, 0.3) is 11.6 Å². The van der Waals surface area contributed by atoms with Crippen molar-refractivity contribution in [1.82, 2.24) is 24.6 Å². The summed E-state index contributed by atoms with van der Waals surface area (Å²) in [5, 5.41) is 40.4. The molecule has 63 heavy (non-hydrogen) atoms. The molecule has 3 aliphatic heterocycles. The highest BCUT2D eigenvalue weighted by Gasteiger charge is 2.48. The maximum Gasteiger partial charge on any atom is 0.328 e. The lowest BCUT2D eigenvalue weighted by atomic mass is 9.87. The molecule has 4 heterocycles. The number of fused-ring (bicyclic) bond motifs is 1. The third-order valence-corrected chi connectivity index (χ3v) is 11.4.